The lowest BCUT2D eigenvalue weighted by atomic mass is 10.1. The Balaban J connectivity index is 1.65. The van der Waals surface area contributed by atoms with Crippen molar-refractivity contribution < 1.29 is 19.1 Å². The first-order valence-electron chi connectivity index (χ1n) is 11.4. The number of hydrogen-bond acceptors (Lipinski definition) is 8. The summed E-state index contributed by atoms with van der Waals surface area (Å²) in [6, 6.07) is 18.0. The van der Waals surface area contributed by atoms with Crippen LogP contribution in [0, 0.1) is 17.0 Å². The van der Waals surface area contributed by atoms with Gasteiger partial charge in [-0.25, -0.2) is 0 Å². The van der Waals surface area contributed by atoms with Crippen LogP contribution in [-0.2, 0) is 6.61 Å². The topological polar surface area (TPSA) is 102 Å². The zero-order chi connectivity index (χ0) is 27.2. The molecule has 3 aromatic carbocycles. The van der Waals surface area contributed by atoms with Gasteiger partial charge in [0.05, 0.1) is 19.2 Å². The molecule has 0 spiro atoms. The molecule has 0 saturated heterocycles. The van der Waals surface area contributed by atoms with Crippen LogP contribution in [0.5, 0.6) is 17.2 Å². The summed E-state index contributed by atoms with van der Waals surface area (Å²) in [4.78, 5) is 11.3. The fraction of sp³-hybridized carbons (Fsp3) is 0.231. The van der Waals surface area contributed by atoms with Gasteiger partial charge in [-0.15, -0.1) is 10.2 Å². The number of aryl methyl sites for hydroxylation is 1. The molecule has 0 aliphatic rings. The van der Waals surface area contributed by atoms with E-state index in [1.807, 2.05) is 54.0 Å². The van der Waals surface area contributed by atoms with E-state index < -0.39 is 5.25 Å². The summed E-state index contributed by atoms with van der Waals surface area (Å²) in [5, 5.41) is 20.8. The Hall–Kier alpha value is -3.47. The molecule has 9 nitrogen and oxygen atoms in total. The van der Waals surface area contributed by atoms with Gasteiger partial charge in [-0.1, -0.05) is 53.2 Å². The molecule has 1 aromatic heterocycles. The Bertz CT molecular complexity index is 1430. The Morgan fingerprint density at radius 3 is 2.42 bits per heavy atom. The molecule has 0 aliphatic carbocycles. The van der Waals surface area contributed by atoms with E-state index in [1.54, 1.807) is 25.3 Å². The summed E-state index contributed by atoms with van der Waals surface area (Å²) < 4.78 is 18.6. The molecule has 4 aromatic rings. The highest BCUT2D eigenvalue weighted by Crippen LogP contribution is 2.43. The third-order valence-corrected chi connectivity index (χ3v) is 7.47. The second-order valence-electron chi connectivity index (χ2n) is 8.10. The maximum Gasteiger partial charge on any atom is 0.220 e. The Morgan fingerprint density at radius 1 is 1.03 bits per heavy atom. The van der Waals surface area contributed by atoms with Crippen LogP contribution < -0.4 is 14.2 Å². The summed E-state index contributed by atoms with van der Waals surface area (Å²) >= 11 is 14.1. The molecule has 0 unspecified atom stereocenters. The van der Waals surface area contributed by atoms with E-state index in [4.69, 9.17) is 37.4 Å². The zero-order valence-electron chi connectivity index (χ0n) is 20.8. The summed E-state index contributed by atoms with van der Waals surface area (Å²) in [6.45, 7) is 1.61. The predicted molar refractivity (Wildman–Crippen MR) is 147 cm³/mol. The largest absolute Gasteiger partial charge is 0.497 e. The van der Waals surface area contributed by atoms with Gasteiger partial charge in [0.15, 0.2) is 16.7 Å². The van der Waals surface area contributed by atoms with Crippen molar-refractivity contribution >= 4 is 35.0 Å². The lowest BCUT2D eigenvalue weighted by molar-refractivity contribution is -0.479. The minimum absolute atomic E-state index is 0.173. The summed E-state index contributed by atoms with van der Waals surface area (Å²) in [5.74, 6) is 2.01. The van der Waals surface area contributed by atoms with Crippen LogP contribution in [-0.4, -0.2) is 40.5 Å². The minimum Gasteiger partial charge on any atom is -0.497 e. The lowest BCUT2D eigenvalue weighted by Gasteiger charge is -2.18. The summed E-state index contributed by atoms with van der Waals surface area (Å²) in [7, 11) is 3.08. The van der Waals surface area contributed by atoms with Crippen LogP contribution in [0.15, 0.2) is 65.8 Å². The predicted octanol–water partition coefficient (Wildman–Crippen LogP) is 6.59. The Morgan fingerprint density at radius 2 is 1.76 bits per heavy atom. The summed E-state index contributed by atoms with van der Waals surface area (Å²) in [5.41, 5.74) is 2.17. The highest BCUT2D eigenvalue weighted by Gasteiger charge is 2.26. The second kappa shape index (κ2) is 12.4. The molecule has 198 valence electrons. The van der Waals surface area contributed by atoms with E-state index >= 15 is 0 Å². The molecule has 0 bridgehead atoms. The molecule has 0 N–H and O–H groups in total. The van der Waals surface area contributed by atoms with Gasteiger partial charge in [0.25, 0.3) is 0 Å². The number of hydrogen-bond donors (Lipinski definition) is 0. The lowest BCUT2D eigenvalue weighted by Crippen LogP contribution is -2.12. The van der Waals surface area contributed by atoms with E-state index in [9.17, 15) is 10.1 Å². The van der Waals surface area contributed by atoms with Gasteiger partial charge in [0.2, 0.25) is 6.54 Å². The molecule has 38 heavy (non-hydrogen) atoms. The van der Waals surface area contributed by atoms with E-state index in [-0.39, 0.29) is 23.1 Å². The van der Waals surface area contributed by atoms with Crippen LogP contribution in [0.1, 0.15) is 22.2 Å². The number of benzene rings is 3. The minimum atomic E-state index is -0.644. The zero-order valence-corrected chi connectivity index (χ0v) is 23.1. The van der Waals surface area contributed by atoms with Crippen molar-refractivity contribution in [2.75, 3.05) is 20.8 Å². The van der Waals surface area contributed by atoms with Gasteiger partial charge in [-0.05, 0) is 55.0 Å². The molecular weight excluding hydrogens is 551 g/mol. The van der Waals surface area contributed by atoms with Gasteiger partial charge in [0, 0.05) is 21.2 Å². The molecule has 12 heteroatoms. The standard InChI is InChI=1S/C26H24Cl2N4O5S/c1-16-29-30-26(32(16)19-8-10-20(35-2)11-9-19)38-24(14-31(33)34)18-12-22(28)25(23(13-18)36-3)37-15-17-6-4-5-7-21(17)27/h4-13,24H,14-15H2,1-3H3/t24-/m1/s1. The van der Waals surface area contributed by atoms with Gasteiger partial charge in [0.1, 0.15) is 23.4 Å². The van der Waals surface area contributed by atoms with Crippen molar-refractivity contribution in [1.82, 2.24) is 14.8 Å². The number of ether oxygens (including phenoxy) is 3. The van der Waals surface area contributed by atoms with Crippen LogP contribution in [0.3, 0.4) is 0 Å². The fourth-order valence-electron chi connectivity index (χ4n) is 3.75. The smallest absolute Gasteiger partial charge is 0.220 e. The molecule has 1 atom stereocenters. The molecule has 0 amide bonds. The van der Waals surface area contributed by atoms with Gasteiger partial charge < -0.3 is 14.2 Å². The highest BCUT2D eigenvalue weighted by atomic mass is 35.5. The number of nitrogens with zero attached hydrogens (tertiary/aromatic N) is 4. The number of nitro groups is 1. The molecule has 1 heterocycles. The van der Waals surface area contributed by atoms with Crippen LogP contribution in [0.4, 0.5) is 0 Å². The van der Waals surface area contributed by atoms with E-state index in [2.05, 4.69) is 10.2 Å². The van der Waals surface area contributed by atoms with E-state index in [1.165, 1.54) is 18.9 Å². The highest BCUT2D eigenvalue weighted by molar-refractivity contribution is 7.99. The molecule has 0 saturated carbocycles. The van der Waals surface area contributed by atoms with Gasteiger partial charge in [-0.3, -0.25) is 14.7 Å². The SMILES string of the molecule is COc1ccc(-n2c(C)nnc2S[C@H](C[N+](=O)[O-])c2cc(Cl)c(OCc3ccccc3Cl)c(OC)c2)cc1. The number of aromatic nitrogens is 3. The molecule has 0 fully saturated rings. The molecule has 4 rings (SSSR count). The van der Waals surface area contributed by atoms with Crippen molar-refractivity contribution in [1.29, 1.82) is 0 Å². The number of rotatable bonds is 11. The molecular formula is C26H24Cl2N4O5S. The van der Waals surface area contributed by atoms with Crippen molar-refractivity contribution in [2.45, 2.75) is 23.9 Å². The maximum absolute atomic E-state index is 11.6. The third kappa shape index (κ3) is 6.32. The third-order valence-electron chi connectivity index (χ3n) is 5.64. The van der Waals surface area contributed by atoms with Crippen molar-refractivity contribution in [3.63, 3.8) is 0 Å². The first kappa shape index (κ1) is 27.6. The Labute approximate surface area is 233 Å². The van der Waals surface area contributed by atoms with E-state index in [0.717, 1.165) is 11.3 Å². The fourth-order valence-corrected chi connectivity index (χ4v) is 5.37. The van der Waals surface area contributed by atoms with Crippen LogP contribution >= 0.6 is 35.0 Å². The quantitative estimate of drug-likeness (QED) is 0.112. The average Bonchev–Trinajstić information content (AvgIpc) is 3.27. The second-order valence-corrected chi connectivity index (χ2v) is 10.1. The van der Waals surface area contributed by atoms with Crippen LogP contribution in [0.25, 0.3) is 5.69 Å². The number of halogens is 2. The number of thioether (sulfide) groups is 1. The monoisotopic (exact) mass is 574 g/mol. The Kier molecular flexibility index (Phi) is 8.98. The maximum atomic E-state index is 11.6. The van der Waals surface area contributed by atoms with Crippen LogP contribution in [0.2, 0.25) is 10.0 Å². The van der Waals surface area contributed by atoms with Gasteiger partial charge in [-0.2, -0.15) is 0 Å². The van der Waals surface area contributed by atoms with Crippen molar-refractivity contribution in [3.05, 3.63) is 97.8 Å². The summed E-state index contributed by atoms with van der Waals surface area (Å²) in [6.07, 6.45) is 0. The first-order valence-corrected chi connectivity index (χ1v) is 13.0. The first-order chi connectivity index (χ1) is 18.3. The average molecular weight is 575 g/mol. The van der Waals surface area contributed by atoms with Crippen molar-refractivity contribution in [2.24, 2.45) is 0 Å². The molecule has 0 radical (unpaired) electrons. The molecule has 0 aliphatic heterocycles. The normalized spacial score (nSPS) is 11.7. The number of methoxy groups -OCH3 is 2. The van der Waals surface area contributed by atoms with Gasteiger partial charge >= 0.3 is 0 Å². The van der Waals surface area contributed by atoms with E-state index in [0.29, 0.717) is 38.8 Å². The van der Waals surface area contributed by atoms with Crippen molar-refractivity contribution in [3.8, 4) is 22.9 Å².